The number of sulfonamides is 1. The van der Waals surface area contributed by atoms with Gasteiger partial charge in [0.05, 0.1) is 6.20 Å². The summed E-state index contributed by atoms with van der Waals surface area (Å²) in [6.45, 7) is 0.153. The fraction of sp³-hybridized carbons (Fsp3) is 0.100. The van der Waals surface area contributed by atoms with Crippen LogP contribution in [0.15, 0.2) is 41.6 Å². The first-order chi connectivity index (χ1) is 8.09. The molecule has 0 saturated heterocycles. The number of para-hydroxylation sites is 1. The number of nitrogens with zero attached hydrogens (tertiary/aromatic N) is 1. The number of benzene rings is 1. The van der Waals surface area contributed by atoms with Crippen LogP contribution in [-0.4, -0.2) is 18.6 Å². The minimum Gasteiger partial charge on any atom is -0.398 e. The zero-order chi connectivity index (χ0) is 12.3. The van der Waals surface area contributed by atoms with Crippen molar-refractivity contribution in [3.63, 3.8) is 0 Å². The quantitative estimate of drug-likeness (QED) is 0.688. The molecule has 7 heteroatoms. The van der Waals surface area contributed by atoms with E-state index in [4.69, 9.17) is 5.73 Å². The molecule has 4 N–H and O–H groups in total. The van der Waals surface area contributed by atoms with Crippen LogP contribution in [-0.2, 0) is 16.6 Å². The Hall–Kier alpha value is -1.86. The largest absolute Gasteiger partial charge is 0.398 e. The minimum atomic E-state index is -3.53. The molecule has 0 amide bonds. The van der Waals surface area contributed by atoms with Crippen LogP contribution in [0.2, 0.25) is 0 Å². The number of hydrogen-bond acceptors (Lipinski definition) is 4. The number of rotatable bonds is 4. The van der Waals surface area contributed by atoms with Crippen LogP contribution >= 0.6 is 0 Å². The van der Waals surface area contributed by atoms with E-state index < -0.39 is 10.0 Å². The van der Waals surface area contributed by atoms with E-state index in [-0.39, 0.29) is 11.4 Å². The third-order valence-corrected chi connectivity index (χ3v) is 3.66. The molecule has 0 radical (unpaired) electrons. The zero-order valence-electron chi connectivity index (χ0n) is 8.92. The van der Waals surface area contributed by atoms with Gasteiger partial charge in [0.15, 0.2) is 0 Å². The molecule has 0 fully saturated rings. The van der Waals surface area contributed by atoms with Gasteiger partial charge in [-0.05, 0) is 11.6 Å². The molecule has 1 aromatic carbocycles. The molecule has 0 spiro atoms. The van der Waals surface area contributed by atoms with E-state index in [9.17, 15) is 8.42 Å². The van der Waals surface area contributed by atoms with Gasteiger partial charge in [0.25, 0.3) is 0 Å². The van der Waals surface area contributed by atoms with Gasteiger partial charge in [-0.25, -0.2) is 13.1 Å². The first-order valence-corrected chi connectivity index (χ1v) is 6.40. The number of hydrogen-bond donors (Lipinski definition) is 3. The van der Waals surface area contributed by atoms with Crippen LogP contribution in [0.25, 0.3) is 0 Å². The number of H-pyrrole nitrogens is 1. The summed E-state index contributed by atoms with van der Waals surface area (Å²) in [4.78, 5) is 0.104. The Bertz CT molecular complexity index is 593. The Labute approximate surface area is 98.9 Å². The van der Waals surface area contributed by atoms with Gasteiger partial charge in [0.2, 0.25) is 10.0 Å². The standard InChI is InChI=1S/C10H12N4O2S/c11-10-4-2-1-3-8(10)5-14-17(15,16)9-6-12-13-7-9/h1-4,6-7,14H,5,11H2,(H,12,13). The Morgan fingerprint density at radius 2 is 2.12 bits per heavy atom. The van der Waals surface area contributed by atoms with Crippen LogP contribution in [0.3, 0.4) is 0 Å². The molecule has 2 rings (SSSR count). The van der Waals surface area contributed by atoms with Gasteiger partial charge in [-0.2, -0.15) is 5.10 Å². The highest BCUT2D eigenvalue weighted by atomic mass is 32.2. The highest BCUT2D eigenvalue weighted by molar-refractivity contribution is 7.89. The van der Waals surface area contributed by atoms with E-state index in [0.29, 0.717) is 5.69 Å². The van der Waals surface area contributed by atoms with Gasteiger partial charge >= 0.3 is 0 Å². The number of nitrogen functional groups attached to an aromatic ring is 1. The summed E-state index contributed by atoms with van der Waals surface area (Å²) in [5.74, 6) is 0. The third-order valence-electron chi connectivity index (χ3n) is 2.29. The second-order valence-electron chi connectivity index (χ2n) is 3.46. The first kappa shape index (κ1) is 11.6. The maximum Gasteiger partial charge on any atom is 0.243 e. The fourth-order valence-electron chi connectivity index (χ4n) is 1.34. The molecule has 0 aliphatic carbocycles. The van der Waals surface area contributed by atoms with Crippen LogP contribution in [0.4, 0.5) is 5.69 Å². The van der Waals surface area contributed by atoms with Crippen molar-refractivity contribution < 1.29 is 8.42 Å². The summed E-state index contributed by atoms with van der Waals surface area (Å²) < 4.78 is 26.0. The maximum absolute atomic E-state index is 11.8. The zero-order valence-corrected chi connectivity index (χ0v) is 9.74. The Balaban J connectivity index is 2.12. The second kappa shape index (κ2) is 4.56. The molecule has 6 nitrogen and oxygen atoms in total. The van der Waals surface area contributed by atoms with Crippen molar-refractivity contribution >= 4 is 15.7 Å². The molecule has 0 atom stereocenters. The molecule has 0 unspecified atom stereocenters. The predicted octanol–water partition coefficient (Wildman–Crippen LogP) is 0.470. The lowest BCUT2D eigenvalue weighted by atomic mass is 10.2. The molecular weight excluding hydrogens is 240 g/mol. The van der Waals surface area contributed by atoms with Gasteiger partial charge in [0, 0.05) is 18.4 Å². The minimum absolute atomic E-state index is 0.104. The topological polar surface area (TPSA) is 101 Å². The summed E-state index contributed by atoms with van der Waals surface area (Å²) in [5.41, 5.74) is 7.01. The molecule has 0 bridgehead atoms. The van der Waals surface area contributed by atoms with Crippen molar-refractivity contribution in [1.82, 2.24) is 14.9 Å². The first-order valence-electron chi connectivity index (χ1n) is 4.91. The van der Waals surface area contributed by atoms with E-state index in [1.165, 1.54) is 12.4 Å². The van der Waals surface area contributed by atoms with E-state index in [2.05, 4.69) is 14.9 Å². The molecule has 1 heterocycles. The van der Waals surface area contributed by atoms with E-state index in [0.717, 1.165) is 5.56 Å². The normalized spacial score (nSPS) is 11.5. The van der Waals surface area contributed by atoms with Crippen LogP contribution in [0.1, 0.15) is 5.56 Å². The third kappa shape index (κ3) is 2.63. The van der Waals surface area contributed by atoms with E-state index in [1.807, 2.05) is 0 Å². The van der Waals surface area contributed by atoms with Crippen molar-refractivity contribution in [2.24, 2.45) is 0 Å². The van der Waals surface area contributed by atoms with E-state index in [1.54, 1.807) is 24.3 Å². The van der Waals surface area contributed by atoms with E-state index >= 15 is 0 Å². The number of aromatic nitrogens is 2. The van der Waals surface area contributed by atoms with Crippen LogP contribution in [0.5, 0.6) is 0 Å². The lowest BCUT2D eigenvalue weighted by molar-refractivity contribution is 0.581. The van der Waals surface area contributed by atoms with Gasteiger partial charge in [-0.1, -0.05) is 18.2 Å². The SMILES string of the molecule is Nc1ccccc1CNS(=O)(=O)c1cn[nH]c1. The van der Waals surface area contributed by atoms with Crippen molar-refractivity contribution in [1.29, 1.82) is 0 Å². The lowest BCUT2D eigenvalue weighted by Gasteiger charge is -2.06. The van der Waals surface area contributed by atoms with Crippen molar-refractivity contribution in [3.8, 4) is 0 Å². The average Bonchev–Trinajstić information content (AvgIpc) is 2.82. The Morgan fingerprint density at radius 3 is 2.76 bits per heavy atom. The number of nitrogens with one attached hydrogen (secondary N) is 2. The van der Waals surface area contributed by atoms with Crippen molar-refractivity contribution in [2.75, 3.05) is 5.73 Å². The van der Waals surface area contributed by atoms with Gasteiger partial charge in [-0.15, -0.1) is 0 Å². The summed E-state index contributed by atoms with van der Waals surface area (Å²) in [6, 6.07) is 7.09. The Morgan fingerprint density at radius 1 is 1.35 bits per heavy atom. The average molecular weight is 252 g/mol. The molecular formula is C10H12N4O2S. The van der Waals surface area contributed by atoms with Crippen LogP contribution in [0, 0.1) is 0 Å². The second-order valence-corrected chi connectivity index (χ2v) is 5.22. The molecule has 0 saturated carbocycles. The number of aromatic amines is 1. The van der Waals surface area contributed by atoms with Crippen molar-refractivity contribution in [3.05, 3.63) is 42.2 Å². The predicted molar refractivity (Wildman–Crippen MR) is 63.5 cm³/mol. The summed E-state index contributed by atoms with van der Waals surface area (Å²) >= 11 is 0. The molecule has 1 aromatic heterocycles. The number of nitrogens with two attached hydrogens (primary N) is 1. The van der Waals surface area contributed by atoms with Crippen molar-refractivity contribution in [2.45, 2.75) is 11.4 Å². The monoisotopic (exact) mass is 252 g/mol. The molecule has 0 aliphatic heterocycles. The smallest absolute Gasteiger partial charge is 0.243 e. The number of anilines is 1. The fourth-order valence-corrected chi connectivity index (χ4v) is 2.25. The van der Waals surface area contributed by atoms with Gasteiger partial charge in [-0.3, -0.25) is 5.10 Å². The molecule has 2 aromatic rings. The van der Waals surface area contributed by atoms with Crippen LogP contribution < -0.4 is 10.5 Å². The highest BCUT2D eigenvalue weighted by Gasteiger charge is 2.14. The molecule has 17 heavy (non-hydrogen) atoms. The highest BCUT2D eigenvalue weighted by Crippen LogP contribution is 2.12. The summed E-state index contributed by atoms with van der Waals surface area (Å²) in [7, 11) is -3.53. The maximum atomic E-state index is 11.8. The van der Waals surface area contributed by atoms with Gasteiger partial charge in [0.1, 0.15) is 4.90 Å². The lowest BCUT2D eigenvalue weighted by Crippen LogP contribution is -2.23. The molecule has 90 valence electrons. The molecule has 0 aliphatic rings. The Kier molecular flexibility index (Phi) is 3.12. The summed E-state index contributed by atoms with van der Waals surface area (Å²) in [6.07, 6.45) is 2.56. The van der Waals surface area contributed by atoms with Gasteiger partial charge < -0.3 is 5.73 Å². The summed E-state index contributed by atoms with van der Waals surface area (Å²) in [5, 5.41) is 6.04.